The van der Waals surface area contributed by atoms with Crippen LogP contribution in [-0.2, 0) is 11.2 Å². The van der Waals surface area contributed by atoms with Gasteiger partial charge >= 0.3 is 5.97 Å². The number of esters is 1. The van der Waals surface area contributed by atoms with Crippen LogP contribution in [0.4, 0.5) is 5.69 Å². The lowest BCUT2D eigenvalue weighted by Gasteiger charge is -2.10. The van der Waals surface area contributed by atoms with Gasteiger partial charge in [0.15, 0.2) is 0 Å². The number of hydrogen-bond donors (Lipinski definition) is 1. The predicted molar refractivity (Wildman–Crippen MR) is 90.3 cm³/mol. The first kappa shape index (κ1) is 16.1. The third kappa shape index (κ3) is 4.92. The van der Waals surface area contributed by atoms with Crippen molar-refractivity contribution in [3.63, 3.8) is 0 Å². The molecule has 0 fully saturated rings. The summed E-state index contributed by atoms with van der Waals surface area (Å²) in [7, 11) is 0. The molecule has 0 unspecified atom stereocenters. The number of benzene rings is 2. The smallest absolute Gasteiger partial charge is 0.338 e. The Morgan fingerprint density at radius 1 is 1.05 bits per heavy atom. The van der Waals surface area contributed by atoms with Crippen LogP contribution in [0.5, 0.6) is 0 Å². The number of aryl methyl sites for hydroxylation is 1. The molecule has 0 aliphatic heterocycles. The van der Waals surface area contributed by atoms with E-state index in [0.717, 1.165) is 37.1 Å². The second-order valence-corrected chi connectivity index (χ2v) is 5.19. The topological polar surface area (TPSA) is 38.3 Å². The molecule has 0 saturated heterocycles. The SMILES string of the molecule is CCCc1ccccc1C(=O)OCCCNc1ccccc1. The highest BCUT2D eigenvalue weighted by Crippen LogP contribution is 2.12. The number of hydrogen-bond acceptors (Lipinski definition) is 3. The van der Waals surface area contributed by atoms with Crippen molar-refractivity contribution in [2.75, 3.05) is 18.5 Å². The molecule has 0 spiro atoms. The molecule has 0 atom stereocenters. The highest BCUT2D eigenvalue weighted by Gasteiger charge is 2.11. The standard InChI is InChI=1S/C19H23NO2/c1-2-9-16-10-6-7-13-18(16)19(21)22-15-8-14-20-17-11-4-3-5-12-17/h3-7,10-13,20H,2,8-9,14-15H2,1H3. The molecule has 3 heteroatoms. The molecule has 0 radical (unpaired) electrons. The zero-order valence-corrected chi connectivity index (χ0v) is 13.0. The molecule has 0 saturated carbocycles. The number of para-hydroxylation sites is 1. The van der Waals surface area contributed by atoms with Gasteiger partial charge in [-0.25, -0.2) is 4.79 Å². The average Bonchev–Trinajstić information content (AvgIpc) is 2.56. The first-order chi connectivity index (χ1) is 10.8. The fourth-order valence-electron chi connectivity index (χ4n) is 2.31. The van der Waals surface area contributed by atoms with Crippen LogP contribution >= 0.6 is 0 Å². The van der Waals surface area contributed by atoms with Gasteiger partial charge in [0.05, 0.1) is 12.2 Å². The Morgan fingerprint density at radius 3 is 2.55 bits per heavy atom. The molecule has 0 heterocycles. The van der Waals surface area contributed by atoms with Gasteiger partial charge < -0.3 is 10.1 Å². The van der Waals surface area contributed by atoms with Crippen molar-refractivity contribution < 1.29 is 9.53 Å². The molecular formula is C19H23NO2. The van der Waals surface area contributed by atoms with E-state index in [-0.39, 0.29) is 5.97 Å². The van der Waals surface area contributed by atoms with E-state index in [1.165, 1.54) is 0 Å². The van der Waals surface area contributed by atoms with Crippen molar-refractivity contribution in [3.05, 3.63) is 65.7 Å². The molecular weight excluding hydrogens is 274 g/mol. The number of anilines is 1. The molecule has 0 amide bonds. The van der Waals surface area contributed by atoms with Crippen LogP contribution in [0.15, 0.2) is 54.6 Å². The van der Waals surface area contributed by atoms with Crippen LogP contribution in [0, 0.1) is 0 Å². The molecule has 0 aliphatic carbocycles. The third-order valence-electron chi connectivity index (χ3n) is 3.41. The lowest BCUT2D eigenvalue weighted by molar-refractivity contribution is 0.0502. The fourth-order valence-corrected chi connectivity index (χ4v) is 2.31. The summed E-state index contributed by atoms with van der Waals surface area (Å²) in [5, 5.41) is 3.30. The van der Waals surface area contributed by atoms with Crippen molar-refractivity contribution in [2.45, 2.75) is 26.2 Å². The van der Waals surface area contributed by atoms with Crippen LogP contribution in [0.25, 0.3) is 0 Å². The number of ether oxygens (including phenoxy) is 1. The second kappa shape index (κ2) is 8.88. The summed E-state index contributed by atoms with van der Waals surface area (Å²) < 4.78 is 5.37. The molecule has 116 valence electrons. The largest absolute Gasteiger partial charge is 0.462 e. The van der Waals surface area contributed by atoms with Crippen LogP contribution in [0.1, 0.15) is 35.7 Å². The molecule has 3 nitrogen and oxygen atoms in total. The number of nitrogens with one attached hydrogen (secondary N) is 1. The normalized spacial score (nSPS) is 10.2. The number of carbonyl (C=O) groups excluding carboxylic acids is 1. The third-order valence-corrected chi connectivity index (χ3v) is 3.41. The van der Waals surface area contributed by atoms with Crippen molar-refractivity contribution in [1.29, 1.82) is 0 Å². The van der Waals surface area contributed by atoms with Gasteiger partial charge in [-0.3, -0.25) is 0 Å². The quantitative estimate of drug-likeness (QED) is 0.583. The molecule has 2 aromatic rings. The second-order valence-electron chi connectivity index (χ2n) is 5.19. The van der Waals surface area contributed by atoms with Crippen LogP contribution in [0.2, 0.25) is 0 Å². The highest BCUT2D eigenvalue weighted by atomic mass is 16.5. The molecule has 0 bridgehead atoms. The summed E-state index contributed by atoms with van der Waals surface area (Å²) in [5.74, 6) is -0.219. The summed E-state index contributed by atoms with van der Waals surface area (Å²) in [6, 6.07) is 17.7. The van der Waals surface area contributed by atoms with Gasteiger partial charge in [0, 0.05) is 12.2 Å². The summed E-state index contributed by atoms with van der Waals surface area (Å²) in [5.41, 5.74) is 2.85. The molecule has 2 aromatic carbocycles. The Kier molecular flexibility index (Phi) is 6.49. The maximum absolute atomic E-state index is 12.1. The summed E-state index contributed by atoms with van der Waals surface area (Å²) in [6.45, 7) is 3.32. The highest BCUT2D eigenvalue weighted by molar-refractivity contribution is 5.91. The van der Waals surface area contributed by atoms with Gasteiger partial charge in [-0.2, -0.15) is 0 Å². The summed E-state index contributed by atoms with van der Waals surface area (Å²) in [4.78, 5) is 12.1. The Bertz CT molecular complexity index is 581. The Labute approximate surface area is 132 Å². The maximum atomic E-state index is 12.1. The fraction of sp³-hybridized carbons (Fsp3) is 0.316. The first-order valence-corrected chi connectivity index (χ1v) is 7.85. The van der Waals surface area contributed by atoms with Crippen molar-refractivity contribution in [1.82, 2.24) is 0 Å². The molecule has 0 aliphatic rings. The lowest BCUT2D eigenvalue weighted by atomic mass is 10.0. The van der Waals surface area contributed by atoms with Crippen molar-refractivity contribution >= 4 is 11.7 Å². The van der Waals surface area contributed by atoms with Crippen LogP contribution < -0.4 is 5.32 Å². The number of carbonyl (C=O) groups is 1. The lowest BCUT2D eigenvalue weighted by Crippen LogP contribution is -2.12. The van der Waals surface area contributed by atoms with E-state index in [9.17, 15) is 4.79 Å². The molecule has 2 rings (SSSR count). The van der Waals surface area contributed by atoms with E-state index in [4.69, 9.17) is 4.74 Å². The van der Waals surface area contributed by atoms with E-state index >= 15 is 0 Å². The van der Waals surface area contributed by atoms with Gasteiger partial charge in [-0.15, -0.1) is 0 Å². The molecule has 1 N–H and O–H groups in total. The van der Waals surface area contributed by atoms with E-state index < -0.39 is 0 Å². The maximum Gasteiger partial charge on any atom is 0.338 e. The minimum atomic E-state index is -0.219. The van der Waals surface area contributed by atoms with Gasteiger partial charge in [0.1, 0.15) is 0 Å². The van der Waals surface area contributed by atoms with Gasteiger partial charge in [-0.05, 0) is 36.6 Å². The minimum Gasteiger partial charge on any atom is -0.462 e. The zero-order chi connectivity index (χ0) is 15.6. The Morgan fingerprint density at radius 2 is 1.77 bits per heavy atom. The van der Waals surface area contributed by atoms with E-state index in [1.807, 2.05) is 54.6 Å². The predicted octanol–water partition coefficient (Wildman–Crippen LogP) is 4.30. The van der Waals surface area contributed by atoms with Gasteiger partial charge in [-0.1, -0.05) is 49.7 Å². The van der Waals surface area contributed by atoms with E-state index in [0.29, 0.717) is 12.2 Å². The summed E-state index contributed by atoms with van der Waals surface area (Å²) >= 11 is 0. The van der Waals surface area contributed by atoms with Crippen LogP contribution in [0.3, 0.4) is 0 Å². The van der Waals surface area contributed by atoms with Crippen LogP contribution in [-0.4, -0.2) is 19.1 Å². The Hall–Kier alpha value is -2.29. The zero-order valence-electron chi connectivity index (χ0n) is 13.0. The minimum absolute atomic E-state index is 0.219. The first-order valence-electron chi connectivity index (χ1n) is 7.85. The van der Waals surface area contributed by atoms with E-state index in [1.54, 1.807) is 0 Å². The Balaban J connectivity index is 1.74. The average molecular weight is 297 g/mol. The van der Waals surface area contributed by atoms with Crippen molar-refractivity contribution in [2.24, 2.45) is 0 Å². The van der Waals surface area contributed by atoms with Gasteiger partial charge in [0.2, 0.25) is 0 Å². The molecule has 0 aromatic heterocycles. The number of rotatable bonds is 8. The summed E-state index contributed by atoms with van der Waals surface area (Å²) in [6.07, 6.45) is 2.71. The van der Waals surface area contributed by atoms with E-state index in [2.05, 4.69) is 12.2 Å². The van der Waals surface area contributed by atoms with Gasteiger partial charge in [0.25, 0.3) is 0 Å². The monoisotopic (exact) mass is 297 g/mol. The van der Waals surface area contributed by atoms with Crippen molar-refractivity contribution in [3.8, 4) is 0 Å². The molecule has 22 heavy (non-hydrogen) atoms.